The first-order valence-electron chi connectivity index (χ1n) is 7.32. The predicted molar refractivity (Wildman–Crippen MR) is 83.0 cm³/mol. The monoisotopic (exact) mass is 294 g/mol. The number of carbonyl (C=O) groups excluding carboxylic acids is 1. The Labute approximate surface area is 126 Å². The Bertz CT molecular complexity index is 459. The molecule has 1 saturated carbocycles. The van der Waals surface area contributed by atoms with E-state index in [0.29, 0.717) is 5.92 Å². The van der Waals surface area contributed by atoms with Gasteiger partial charge in [0.1, 0.15) is 0 Å². The summed E-state index contributed by atoms with van der Waals surface area (Å²) in [7, 11) is 0. The molecule has 1 saturated heterocycles. The van der Waals surface area contributed by atoms with Gasteiger partial charge in [-0.1, -0.05) is 30.3 Å². The number of amides is 1. The molecule has 0 bridgehead atoms. The number of rotatable bonds is 2. The number of hydrogen-bond donors (Lipinski definition) is 1. The molecular weight excluding hydrogens is 272 g/mol. The second-order valence-corrected chi connectivity index (χ2v) is 5.99. The van der Waals surface area contributed by atoms with E-state index in [1.807, 2.05) is 4.90 Å². The number of likely N-dealkylation sites (tertiary alicyclic amines) is 1. The van der Waals surface area contributed by atoms with E-state index in [1.54, 1.807) is 0 Å². The molecule has 3 nitrogen and oxygen atoms in total. The maximum Gasteiger partial charge on any atom is 0.242 e. The highest BCUT2D eigenvalue weighted by molar-refractivity contribution is 5.89. The lowest BCUT2D eigenvalue weighted by Crippen LogP contribution is -2.46. The van der Waals surface area contributed by atoms with Gasteiger partial charge in [0.05, 0.1) is 5.54 Å². The Morgan fingerprint density at radius 1 is 1.15 bits per heavy atom. The van der Waals surface area contributed by atoms with Gasteiger partial charge in [0.2, 0.25) is 5.91 Å². The molecule has 0 aromatic heterocycles. The molecule has 0 radical (unpaired) electrons. The third-order valence-electron chi connectivity index (χ3n) is 4.50. The highest BCUT2D eigenvalue weighted by Gasteiger charge is 2.48. The average Bonchev–Trinajstić information content (AvgIpc) is 3.22. The second kappa shape index (κ2) is 6.15. The minimum atomic E-state index is -0.507. The molecule has 1 aliphatic heterocycles. The number of benzene rings is 1. The van der Waals surface area contributed by atoms with Crippen molar-refractivity contribution in [2.75, 3.05) is 13.1 Å². The van der Waals surface area contributed by atoms with Crippen LogP contribution in [0.5, 0.6) is 0 Å². The third kappa shape index (κ3) is 3.15. The fourth-order valence-corrected chi connectivity index (χ4v) is 3.02. The first-order valence-corrected chi connectivity index (χ1v) is 7.32. The van der Waals surface area contributed by atoms with E-state index in [0.717, 1.165) is 38.8 Å². The molecule has 1 aromatic carbocycles. The minimum absolute atomic E-state index is 0. The van der Waals surface area contributed by atoms with Crippen molar-refractivity contribution in [3.05, 3.63) is 35.9 Å². The number of carbonyl (C=O) groups is 1. The zero-order valence-corrected chi connectivity index (χ0v) is 12.6. The van der Waals surface area contributed by atoms with Crippen molar-refractivity contribution < 1.29 is 4.79 Å². The molecular formula is C16H23ClN2O. The van der Waals surface area contributed by atoms with Crippen LogP contribution in [0.2, 0.25) is 0 Å². The van der Waals surface area contributed by atoms with Crippen molar-refractivity contribution in [2.45, 2.75) is 43.6 Å². The van der Waals surface area contributed by atoms with Crippen molar-refractivity contribution in [2.24, 2.45) is 5.73 Å². The van der Waals surface area contributed by atoms with Crippen LogP contribution < -0.4 is 5.73 Å². The van der Waals surface area contributed by atoms with E-state index in [9.17, 15) is 4.79 Å². The molecule has 1 unspecified atom stereocenters. The largest absolute Gasteiger partial charge is 0.341 e. The first kappa shape index (κ1) is 15.3. The summed E-state index contributed by atoms with van der Waals surface area (Å²) in [5.41, 5.74) is 6.93. The van der Waals surface area contributed by atoms with E-state index >= 15 is 0 Å². The molecule has 2 fully saturated rings. The van der Waals surface area contributed by atoms with E-state index in [2.05, 4.69) is 30.3 Å². The summed E-state index contributed by atoms with van der Waals surface area (Å²) >= 11 is 0. The van der Waals surface area contributed by atoms with E-state index in [1.165, 1.54) is 12.0 Å². The average molecular weight is 295 g/mol. The van der Waals surface area contributed by atoms with Crippen LogP contribution in [0.3, 0.4) is 0 Å². The fourth-order valence-electron chi connectivity index (χ4n) is 3.02. The molecule has 2 aliphatic rings. The molecule has 4 heteroatoms. The van der Waals surface area contributed by atoms with E-state index in [4.69, 9.17) is 5.73 Å². The Hall–Kier alpha value is -1.06. The van der Waals surface area contributed by atoms with Crippen molar-refractivity contribution >= 4 is 18.3 Å². The molecule has 2 N–H and O–H groups in total. The van der Waals surface area contributed by atoms with Crippen LogP contribution in [-0.4, -0.2) is 29.4 Å². The highest BCUT2D eigenvalue weighted by Crippen LogP contribution is 2.36. The summed E-state index contributed by atoms with van der Waals surface area (Å²) in [6, 6.07) is 10.7. The number of nitrogens with zero attached hydrogens (tertiary/aromatic N) is 1. The second-order valence-electron chi connectivity index (χ2n) is 5.99. The number of nitrogens with two attached hydrogens (primary N) is 1. The van der Waals surface area contributed by atoms with Crippen LogP contribution in [0.25, 0.3) is 0 Å². The van der Waals surface area contributed by atoms with Gasteiger partial charge < -0.3 is 10.6 Å². The standard InChI is InChI=1S/C16H22N2O.ClH/c17-16(9-10-16)15(19)18-11-4-7-14(8-12-18)13-5-2-1-3-6-13;/h1-3,5-6,14H,4,7-12,17H2;1H. The van der Waals surface area contributed by atoms with Crippen LogP contribution in [0, 0.1) is 0 Å². The van der Waals surface area contributed by atoms with Crippen LogP contribution in [0.1, 0.15) is 43.6 Å². The summed E-state index contributed by atoms with van der Waals surface area (Å²) in [4.78, 5) is 14.3. The van der Waals surface area contributed by atoms with Gasteiger partial charge in [-0.3, -0.25) is 4.79 Å². The SMILES string of the molecule is Cl.NC1(C(=O)N2CCCC(c3ccccc3)CC2)CC1. The predicted octanol–water partition coefficient (Wildman–Crippen LogP) is 2.70. The van der Waals surface area contributed by atoms with Gasteiger partial charge in [-0.15, -0.1) is 12.4 Å². The third-order valence-corrected chi connectivity index (χ3v) is 4.50. The summed E-state index contributed by atoms with van der Waals surface area (Å²) in [6.07, 6.45) is 5.05. The zero-order chi connectivity index (χ0) is 13.3. The highest BCUT2D eigenvalue weighted by atomic mass is 35.5. The molecule has 1 amide bonds. The fraction of sp³-hybridized carbons (Fsp3) is 0.562. The molecule has 110 valence electrons. The van der Waals surface area contributed by atoms with Gasteiger partial charge in [0.25, 0.3) is 0 Å². The molecule has 1 atom stereocenters. The van der Waals surface area contributed by atoms with E-state index in [-0.39, 0.29) is 18.3 Å². The smallest absolute Gasteiger partial charge is 0.242 e. The van der Waals surface area contributed by atoms with Gasteiger partial charge in [0.15, 0.2) is 0 Å². The summed E-state index contributed by atoms with van der Waals surface area (Å²) in [5.74, 6) is 0.771. The first-order chi connectivity index (χ1) is 9.19. The summed E-state index contributed by atoms with van der Waals surface area (Å²) < 4.78 is 0. The Morgan fingerprint density at radius 2 is 1.85 bits per heavy atom. The normalized spacial score (nSPS) is 24.4. The summed E-state index contributed by atoms with van der Waals surface area (Å²) in [6.45, 7) is 1.73. The Kier molecular flexibility index (Phi) is 4.71. The Balaban J connectivity index is 0.00000147. The number of halogens is 1. The van der Waals surface area contributed by atoms with Gasteiger partial charge in [-0.2, -0.15) is 0 Å². The van der Waals surface area contributed by atoms with Crippen LogP contribution in [0.4, 0.5) is 0 Å². The van der Waals surface area contributed by atoms with Crippen LogP contribution >= 0.6 is 12.4 Å². The molecule has 20 heavy (non-hydrogen) atoms. The Morgan fingerprint density at radius 3 is 2.50 bits per heavy atom. The maximum absolute atomic E-state index is 12.3. The van der Waals surface area contributed by atoms with Gasteiger partial charge >= 0.3 is 0 Å². The molecule has 1 aliphatic carbocycles. The molecule has 1 heterocycles. The lowest BCUT2D eigenvalue weighted by molar-refractivity contribution is -0.133. The quantitative estimate of drug-likeness (QED) is 0.911. The zero-order valence-electron chi connectivity index (χ0n) is 11.8. The van der Waals surface area contributed by atoms with Crippen molar-refractivity contribution in [1.29, 1.82) is 0 Å². The minimum Gasteiger partial charge on any atom is -0.341 e. The topological polar surface area (TPSA) is 46.3 Å². The summed E-state index contributed by atoms with van der Waals surface area (Å²) in [5, 5.41) is 0. The lowest BCUT2D eigenvalue weighted by atomic mass is 9.92. The van der Waals surface area contributed by atoms with Crippen LogP contribution in [-0.2, 0) is 4.79 Å². The molecule has 3 rings (SSSR count). The number of hydrogen-bond acceptors (Lipinski definition) is 2. The van der Waals surface area contributed by atoms with Crippen molar-refractivity contribution in [3.8, 4) is 0 Å². The molecule has 0 spiro atoms. The van der Waals surface area contributed by atoms with E-state index < -0.39 is 5.54 Å². The lowest BCUT2D eigenvalue weighted by Gasteiger charge is -2.24. The van der Waals surface area contributed by atoms with Crippen molar-refractivity contribution in [1.82, 2.24) is 4.90 Å². The molecule has 1 aromatic rings. The van der Waals surface area contributed by atoms with Gasteiger partial charge in [-0.05, 0) is 43.6 Å². The van der Waals surface area contributed by atoms with Gasteiger partial charge in [-0.25, -0.2) is 0 Å². The van der Waals surface area contributed by atoms with Crippen molar-refractivity contribution in [3.63, 3.8) is 0 Å². The maximum atomic E-state index is 12.3. The van der Waals surface area contributed by atoms with Gasteiger partial charge in [0, 0.05) is 13.1 Å². The van der Waals surface area contributed by atoms with Crippen LogP contribution in [0.15, 0.2) is 30.3 Å².